The fraction of sp³-hybridized carbons (Fsp3) is 0.316. The average molecular weight is 362 g/mol. The Bertz CT molecular complexity index is 835. The van der Waals surface area contributed by atoms with Crippen LogP contribution in [0.1, 0.15) is 27.9 Å². The second-order valence-electron chi connectivity index (χ2n) is 6.70. The number of alkyl halides is 3. The average Bonchev–Trinajstić information content (AvgIpc) is 2.96. The predicted molar refractivity (Wildman–Crippen MR) is 88.6 cm³/mol. The molecule has 0 bridgehead atoms. The van der Waals surface area contributed by atoms with Gasteiger partial charge in [0.25, 0.3) is 5.91 Å². The van der Waals surface area contributed by atoms with Crippen molar-refractivity contribution in [1.29, 1.82) is 0 Å². The fourth-order valence-electron chi connectivity index (χ4n) is 3.49. The number of benzene rings is 2. The first-order chi connectivity index (χ1) is 12.3. The summed E-state index contributed by atoms with van der Waals surface area (Å²) in [5.41, 5.74) is -0.132. The van der Waals surface area contributed by atoms with Gasteiger partial charge in [0.05, 0.1) is 17.7 Å². The summed E-state index contributed by atoms with van der Waals surface area (Å²) < 4.78 is 44.0. The lowest BCUT2D eigenvalue weighted by molar-refractivity contribution is -0.137. The smallest absolute Gasteiger partial charge is 0.416 e. The number of ether oxygens (including phenoxy) is 1. The Labute approximate surface area is 148 Å². The Kier molecular flexibility index (Phi) is 3.91. The van der Waals surface area contributed by atoms with Crippen LogP contribution in [-0.2, 0) is 12.7 Å². The molecule has 1 amide bonds. The molecule has 0 aliphatic carbocycles. The quantitative estimate of drug-likeness (QED) is 0.890. The summed E-state index contributed by atoms with van der Waals surface area (Å²) in [7, 11) is 0. The monoisotopic (exact) mass is 362 g/mol. The van der Waals surface area contributed by atoms with Crippen LogP contribution < -0.4 is 10.1 Å². The molecule has 1 spiro atoms. The van der Waals surface area contributed by atoms with Crippen LogP contribution in [-0.4, -0.2) is 29.6 Å². The van der Waals surface area contributed by atoms with Gasteiger partial charge in [0.15, 0.2) is 5.72 Å². The third-order valence-electron chi connectivity index (χ3n) is 4.78. The van der Waals surface area contributed by atoms with Crippen molar-refractivity contribution < 1.29 is 22.7 Å². The maximum Gasteiger partial charge on any atom is 0.416 e. The van der Waals surface area contributed by atoms with Crippen molar-refractivity contribution in [3.63, 3.8) is 0 Å². The third-order valence-corrected chi connectivity index (χ3v) is 4.78. The van der Waals surface area contributed by atoms with E-state index in [0.29, 0.717) is 37.4 Å². The van der Waals surface area contributed by atoms with Crippen LogP contribution in [0.3, 0.4) is 0 Å². The van der Waals surface area contributed by atoms with E-state index in [1.54, 1.807) is 18.2 Å². The summed E-state index contributed by atoms with van der Waals surface area (Å²) in [6, 6.07) is 12.3. The number of amides is 1. The third kappa shape index (κ3) is 3.14. The lowest BCUT2D eigenvalue weighted by Gasteiger charge is -2.36. The summed E-state index contributed by atoms with van der Waals surface area (Å²) in [4.78, 5) is 14.4. The zero-order chi connectivity index (χ0) is 18.4. The highest BCUT2D eigenvalue weighted by Gasteiger charge is 2.45. The highest BCUT2D eigenvalue weighted by molar-refractivity contribution is 5.98. The number of fused-ring (bicyclic) bond motifs is 1. The molecule has 2 aromatic rings. The minimum absolute atomic E-state index is 0.164. The molecule has 7 heteroatoms. The fourth-order valence-corrected chi connectivity index (χ4v) is 3.49. The number of likely N-dealkylation sites (tertiary alicyclic amines) is 1. The summed E-state index contributed by atoms with van der Waals surface area (Å²) in [6.45, 7) is 1.67. The normalized spacial score (nSPS) is 22.8. The molecule has 26 heavy (non-hydrogen) atoms. The molecule has 1 fully saturated rings. The molecule has 2 heterocycles. The molecule has 136 valence electrons. The van der Waals surface area contributed by atoms with Gasteiger partial charge >= 0.3 is 6.18 Å². The van der Waals surface area contributed by atoms with E-state index < -0.39 is 17.5 Å². The van der Waals surface area contributed by atoms with Crippen LogP contribution in [0.25, 0.3) is 0 Å². The van der Waals surface area contributed by atoms with E-state index in [2.05, 4.69) is 10.2 Å². The highest BCUT2D eigenvalue weighted by Crippen LogP contribution is 2.34. The minimum atomic E-state index is -4.33. The van der Waals surface area contributed by atoms with E-state index in [1.807, 2.05) is 6.07 Å². The van der Waals surface area contributed by atoms with Crippen molar-refractivity contribution >= 4 is 5.91 Å². The highest BCUT2D eigenvalue weighted by atomic mass is 19.4. The number of nitrogens with zero attached hydrogens (tertiary/aromatic N) is 1. The second kappa shape index (κ2) is 6.02. The van der Waals surface area contributed by atoms with E-state index in [1.165, 1.54) is 12.1 Å². The lowest BCUT2D eigenvalue weighted by Crippen LogP contribution is -2.57. The number of hydrogen-bond acceptors (Lipinski definition) is 3. The van der Waals surface area contributed by atoms with Crippen LogP contribution in [0.2, 0.25) is 0 Å². The predicted octanol–water partition coefficient (Wildman–Crippen LogP) is 3.43. The van der Waals surface area contributed by atoms with Gasteiger partial charge in [-0.2, -0.15) is 13.2 Å². The van der Waals surface area contributed by atoms with E-state index in [9.17, 15) is 18.0 Å². The summed E-state index contributed by atoms with van der Waals surface area (Å²) >= 11 is 0. The number of para-hydroxylation sites is 1. The van der Waals surface area contributed by atoms with Gasteiger partial charge in [-0.25, -0.2) is 0 Å². The Morgan fingerprint density at radius 3 is 2.58 bits per heavy atom. The van der Waals surface area contributed by atoms with Crippen LogP contribution in [0.5, 0.6) is 5.75 Å². The summed E-state index contributed by atoms with van der Waals surface area (Å²) in [6.07, 6.45) is -3.71. The van der Waals surface area contributed by atoms with Gasteiger partial charge in [-0.1, -0.05) is 24.3 Å². The standard InChI is InChI=1S/C19H17F3N2O2/c20-19(21,22)14-7-5-13(6-8-14)11-24-10-9-18(12-24)23-17(25)15-3-1-2-4-16(15)26-18/h1-8H,9-12H2,(H,23,25). The zero-order valence-electron chi connectivity index (χ0n) is 13.8. The zero-order valence-corrected chi connectivity index (χ0v) is 13.8. The van der Waals surface area contributed by atoms with Crippen LogP contribution in [0.4, 0.5) is 13.2 Å². The Hall–Kier alpha value is -2.54. The maximum atomic E-state index is 12.7. The number of halogens is 3. The summed E-state index contributed by atoms with van der Waals surface area (Å²) in [5, 5.41) is 2.94. The van der Waals surface area contributed by atoms with Crippen molar-refractivity contribution in [1.82, 2.24) is 10.2 Å². The molecular weight excluding hydrogens is 345 g/mol. The van der Waals surface area contributed by atoms with E-state index in [-0.39, 0.29) is 5.91 Å². The number of carbonyl (C=O) groups excluding carboxylic acids is 1. The van der Waals surface area contributed by atoms with Gasteiger partial charge in [0, 0.05) is 19.5 Å². The first-order valence-corrected chi connectivity index (χ1v) is 8.34. The molecule has 1 atom stereocenters. The van der Waals surface area contributed by atoms with E-state index in [0.717, 1.165) is 17.7 Å². The number of hydrogen-bond donors (Lipinski definition) is 1. The van der Waals surface area contributed by atoms with Gasteiger partial charge in [-0.05, 0) is 29.8 Å². The second-order valence-corrected chi connectivity index (χ2v) is 6.70. The lowest BCUT2D eigenvalue weighted by atomic mass is 10.1. The Morgan fingerprint density at radius 1 is 1.12 bits per heavy atom. The van der Waals surface area contributed by atoms with E-state index in [4.69, 9.17) is 4.74 Å². The van der Waals surface area contributed by atoms with Crippen molar-refractivity contribution in [2.75, 3.05) is 13.1 Å². The number of nitrogens with one attached hydrogen (secondary N) is 1. The van der Waals surface area contributed by atoms with Crippen LogP contribution >= 0.6 is 0 Å². The van der Waals surface area contributed by atoms with Crippen molar-refractivity contribution in [2.45, 2.75) is 24.9 Å². The summed E-state index contributed by atoms with van der Waals surface area (Å²) in [5.74, 6) is 0.399. The molecule has 0 saturated carbocycles. The van der Waals surface area contributed by atoms with Gasteiger partial charge < -0.3 is 10.1 Å². The minimum Gasteiger partial charge on any atom is -0.466 e. The molecule has 2 aliphatic rings. The molecule has 2 aliphatic heterocycles. The molecule has 0 radical (unpaired) electrons. The van der Waals surface area contributed by atoms with Gasteiger partial charge in [0.1, 0.15) is 5.75 Å². The Morgan fingerprint density at radius 2 is 1.85 bits per heavy atom. The first-order valence-electron chi connectivity index (χ1n) is 8.34. The molecule has 0 aromatic heterocycles. The van der Waals surface area contributed by atoms with Gasteiger partial charge in [-0.3, -0.25) is 9.69 Å². The van der Waals surface area contributed by atoms with Crippen molar-refractivity contribution in [3.8, 4) is 5.75 Å². The molecule has 1 saturated heterocycles. The SMILES string of the molecule is O=C1NC2(CCN(Cc3ccc(C(F)(F)F)cc3)C2)Oc2ccccc21. The van der Waals surface area contributed by atoms with E-state index >= 15 is 0 Å². The number of rotatable bonds is 2. The molecule has 1 unspecified atom stereocenters. The molecule has 1 N–H and O–H groups in total. The molecule has 2 aromatic carbocycles. The largest absolute Gasteiger partial charge is 0.466 e. The molecular formula is C19H17F3N2O2. The van der Waals surface area contributed by atoms with Crippen LogP contribution in [0.15, 0.2) is 48.5 Å². The maximum absolute atomic E-state index is 12.7. The molecule has 4 nitrogen and oxygen atoms in total. The van der Waals surface area contributed by atoms with Gasteiger partial charge in [-0.15, -0.1) is 0 Å². The molecule has 4 rings (SSSR count). The van der Waals surface area contributed by atoms with Gasteiger partial charge in [0.2, 0.25) is 0 Å². The topological polar surface area (TPSA) is 41.6 Å². The Balaban J connectivity index is 1.45. The first kappa shape index (κ1) is 16.9. The van der Waals surface area contributed by atoms with Crippen molar-refractivity contribution in [3.05, 3.63) is 65.2 Å². The number of carbonyl (C=O) groups is 1. The van der Waals surface area contributed by atoms with Crippen LogP contribution in [0, 0.1) is 0 Å². The van der Waals surface area contributed by atoms with Crippen molar-refractivity contribution in [2.24, 2.45) is 0 Å².